The van der Waals surface area contributed by atoms with Gasteiger partial charge >= 0.3 is 5.97 Å². The molecule has 0 aliphatic carbocycles. The van der Waals surface area contributed by atoms with Gasteiger partial charge in [-0.2, -0.15) is 0 Å². The summed E-state index contributed by atoms with van der Waals surface area (Å²) in [4.78, 5) is 23.9. The van der Waals surface area contributed by atoms with Crippen LogP contribution in [-0.2, 0) is 16.0 Å². The molecule has 2 aromatic rings. The van der Waals surface area contributed by atoms with Crippen molar-refractivity contribution in [3.8, 4) is 0 Å². The first-order valence-corrected chi connectivity index (χ1v) is 9.21. The molecule has 1 aliphatic rings. The van der Waals surface area contributed by atoms with Crippen LogP contribution >= 0.6 is 23.2 Å². The van der Waals surface area contributed by atoms with Gasteiger partial charge in [0.2, 0.25) is 5.91 Å². The van der Waals surface area contributed by atoms with Gasteiger partial charge in [-0.25, -0.2) is 4.79 Å². The van der Waals surface area contributed by atoms with Crippen molar-refractivity contribution in [1.82, 2.24) is 5.32 Å². The number of carboxylic acid groups (broad SMARTS) is 1. The minimum atomic E-state index is -1.01. The fourth-order valence-corrected chi connectivity index (χ4v) is 3.85. The first-order valence-electron chi connectivity index (χ1n) is 8.46. The number of fused-ring (bicyclic) bond motifs is 1. The maximum atomic E-state index is 12.5. The van der Waals surface area contributed by atoms with Gasteiger partial charge in [-0.05, 0) is 30.2 Å². The van der Waals surface area contributed by atoms with E-state index in [1.165, 1.54) is 0 Å². The van der Waals surface area contributed by atoms with Crippen LogP contribution in [-0.4, -0.2) is 23.0 Å². The summed E-state index contributed by atoms with van der Waals surface area (Å²) < 4.78 is 0. The average Bonchev–Trinajstić information content (AvgIpc) is 2.60. The molecule has 27 heavy (non-hydrogen) atoms. The number of benzene rings is 2. The van der Waals surface area contributed by atoms with E-state index < -0.39 is 18.1 Å². The zero-order valence-corrected chi connectivity index (χ0v) is 15.8. The van der Waals surface area contributed by atoms with E-state index in [0.717, 1.165) is 5.56 Å². The van der Waals surface area contributed by atoms with Crippen LogP contribution in [0.2, 0.25) is 10.0 Å². The molecular weight excluding hydrogens is 389 g/mol. The van der Waals surface area contributed by atoms with Gasteiger partial charge in [0.1, 0.15) is 6.04 Å². The number of halogens is 2. The van der Waals surface area contributed by atoms with E-state index in [2.05, 4.69) is 10.6 Å². The molecule has 0 saturated heterocycles. The Balaban J connectivity index is 1.76. The molecule has 2 atom stereocenters. The number of anilines is 2. The summed E-state index contributed by atoms with van der Waals surface area (Å²) in [6, 6.07) is 9.20. The van der Waals surface area contributed by atoms with Crippen molar-refractivity contribution in [3.63, 3.8) is 0 Å². The van der Waals surface area contributed by atoms with Crippen molar-refractivity contribution in [1.29, 1.82) is 0 Å². The smallest absolute Gasteiger partial charge is 0.326 e. The monoisotopic (exact) mass is 407 g/mol. The normalized spacial score (nSPS) is 18.3. The van der Waals surface area contributed by atoms with Crippen LogP contribution in [0.5, 0.6) is 0 Å². The Kier molecular flexibility index (Phi) is 5.77. The van der Waals surface area contributed by atoms with Crippen molar-refractivity contribution in [2.75, 3.05) is 11.1 Å². The summed E-state index contributed by atoms with van der Waals surface area (Å²) in [6.07, 6.45) is 0.909. The molecule has 8 heteroatoms. The molecule has 1 heterocycles. The van der Waals surface area contributed by atoms with Gasteiger partial charge in [0.25, 0.3) is 0 Å². The van der Waals surface area contributed by atoms with Crippen LogP contribution in [0.4, 0.5) is 11.4 Å². The summed E-state index contributed by atoms with van der Waals surface area (Å²) in [5.41, 5.74) is 8.60. The summed E-state index contributed by atoms with van der Waals surface area (Å²) in [7, 11) is 0. The Labute approximate surface area is 166 Å². The predicted molar refractivity (Wildman–Crippen MR) is 106 cm³/mol. The molecule has 2 aromatic carbocycles. The Morgan fingerprint density at radius 3 is 2.70 bits per heavy atom. The molecule has 1 aliphatic heterocycles. The Bertz CT molecular complexity index is 888. The third kappa shape index (κ3) is 4.46. The number of hydrogen-bond donors (Lipinski definition) is 4. The number of carbonyl (C=O) groups is 2. The van der Waals surface area contributed by atoms with E-state index in [1.807, 2.05) is 18.2 Å². The van der Waals surface area contributed by atoms with Crippen molar-refractivity contribution in [2.24, 2.45) is 0 Å². The van der Waals surface area contributed by atoms with Gasteiger partial charge in [-0.1, -0.05) is 41.4 Å². The van der Waals surface area contributed by atoms with E-state index in [1.54, 1.807) is 18.2 Å². The van der Waals surface area contributed by atoms with Gasteiger partial charge in [0.15, 0.2) is 0 Å². The molecule has 5 N–H and O–H groups in total. The second kappa shape index (κ2) is 8.06. The highest BCUT2D eigenvalue weighted by Crippen LogP contribution is 2.39. The number of carbonyl (C=O) groups excluding carboxylic acids is 1. The van der Waals surface area contributed by atoms with Crippen LogP contribution in [0.1, 0.15) is 30.0 Å². The zero-order valence-electron chi connectivity index (χ0n) is 14.3. The highest BCUT2D eigenvalue weighted by Gasteiger charge is 2.33. The minimum absolute atomic E-state index is 0.183. The minimum Gasteiger partial charge on any atom is -0.480 e. The number of nitrogens with one attached hydrogen (secondary N) is 2. The Morgan fingerprint density at radius 2 is 2.00 bits per heavy atom. The number of rotatable bonds is 5. The number of amides is 1. The zero-order chi connectivity index (χ0) is 19.6. The number of hydrogen-bond acceptors (Lipinski definition) is 4. The third-order valence-corrected chi connectivity index (χ3v) is 5.08. The lowest BCUT2D eigenvalue weighted by molar-refractivity contribution is -0.138. The van der Waals surface area contributed by atoms with E-state index in [0.29, 0.717) is 33.4 Å². The molecule has 0 fully saturated rings. The molecule has 0 spiro atoms. The quantitative estimate of drug-likeness (QED) is 0.566. The van der Waals surface area contributed by atoms with Crippen LogP contribution in [0.3, 0.4) is 0 Å². The standard InChI is InChI=1S/C19H19Cl2N3O3/c20-11-7-12(21)18-14(8-11)23-16(19(26)27)9-15(18)24-17(25)6-5-10-3-1-2-4-13(10)22/h1-4,7-8,15-16,23H,5-6,9,22H2,(H,24,25)(H,26,27). The topological polar surface area (TPSA) is 104 Å². The van der Waals surface area contributed by atoms with Crippen molar-refractivity contribution >= 4 is 46.5 Å². The van der Waals surface area contributed by atoms with E-state index in [9.17, 15) is 14.7 Å². The van der Waals surface area contributed by atoms with E-state index >= 15 is 0 Å². The molecule has 0 radical (unpaired) electrons. The third-order valence-electron chi connectivity index (χ3n) is 4.55. The summed E-state index contributed by atoms with van der Waals surface area (Å²) in [6.45, 7) is 0. The molecule has 3 rings (SSSR count). The Hall–Kier alpha value is -2.44. The largest absolute Gasteiger partial charge is 0.480 e. The lowest BCUT2D eigenvalue weighted by atomic mass is 9.92. The van der Waals surface area contributed by atoms with Gasteiger partial charge in [-0.15, -0.1) is 0 Å². The molecule has 2 unspecified atom stereocenters. The van der Waals surface area contributed by atoms with E-state index in [-0.39, 0.29) is 18.7 Å². The molecule has 142 valence electrons. The van der Waals surface area contributed by atoms with Crippen LogP contribution in [0.15, 0.2) is 36.4 Å². The second-order valence-corrected chi connectivity index (χ2v) is 7.28. The lowest BCUT2D eigenvalue weighted by Crippen LogP contribution is -2.41. The molecule has 0 saturated carbocycles. The Morgan fingerprint density at radius 1 is 1.26 bits per heavy atom. The number of aryl methyl sites for hydroxylation is 1. The maximum absolute atomic E-state index is 12.5. The van der Waals surface area contributed by atoms with Crippen molar-refractivity contribution in [3.05, 3.63) is 57.6 Å². The van der Waals surface area contributed by atoms with Crippen LogP contribution in [0, 0.1) is 0 Å². The van der Waals surface area contributed by atoms with Gasteiger partial charge in [-0.3, -0.25) is 4.79 Å². The average molecular weight is 408 g/mol. The highest BCUT2D eigenvalue weighted by atomic mass is 35.5. The molecule has 6 nitrogen and oxygen atoms in total. The summed E-state index contributed by atoms with van der Waals surface area (Å²) in [5, 5.41) is 16.0. The number of nitrogens with two attached hydrogens (primary N) is 1. The highest BCUT2D eigenvalue weighted by molar-refractivity contribution is 6.35. The second-order valence-electron chi connectivity index (χ2n) is 6.44. The molecule has 0 bridgehead atoms. The molecule has 0 aromatic heterocycles. The fraction of sp³-hybridized carbons (Fsp3) is 0.263. The number of aliphatic carboxylic acids is 1. The van der Waals surface area contributed by atoms with Gasteiger partial charge in [0.05, 0.1) is 6.04 Å². The molecular formula is C19H19Cl2N3O3. The van der Waals surface area contributed by atoms with Crippen LogP contribution in [0.25, 0.3) is 0 Å². The first kappa shape index (κ1) is 19.3. The van der Waals surface area contributed by atoms with Gasteiger partial charge in [0, 0.05) is 39.8 Å². The number of carboxylic acids is 1. The fourth-order valence-electron chi connectivity index (χ4n) is 3.23. The van der Waals surface area contributed by atoms with Crippen molar-refractivity contribution in [2.45, 2.75) is 31.3 Å². The van der Waals surface area contributed by atoms with Crippen LogP contribution < -0.4 is 16.4 Å². The van der Waals surface area contributed by atoms with Gasteiger partial charge < -0.3 is 21.5 Å². The lowest BCUT2D eigenvalue weighted by Gasteiger charge is -2.32. The van der Waals surface area contributed by atoms with Crippen molar-refractivity contribution < 1.29 is 14.7 Å². The summed E-state index contributed by atoms with van der Waals surface area (Å²) >= 11 is 12.3. The number of nitrogen functional groups attached to an aromatic ring is 1. The molecule has 1 amide bonds. The number of para-hydroxylation sites is 1. The summed E-state index contributed by atoms with van der Waals surface area (Å²) in [5.74, 6) is -1.21. The SMILES string of the molecule is Nc1ccccc1CCC(=O)NC1CC(C(=O)O)Nc2cc(Cl)cc(Cl)c21. The first-order chi connectivity index (χ1) is 12.8. The van der Waals surface area contributed by atoms with E-state index in [4.69, 9.17) is 28.9 Å². The maximum Gasteiger partial charge on any atom is 0.326 e. The predicted octanol–water partition coefficient (Wildman–Crippen LogP) is 3.63.